The first-order chi connectivity index (χ1) is 22.6. The lowest BCUT2D eigenvalue weighted by Gasteiger charge is -2.62. The third kappa shape index (κ3) is 5.39. The lowest BCUT2D eigenvalue weighted by molar-refractivity contribution is -0.215. The van der Waals surface area contributed by atoms with Crippen LogP contribution in [0, 0.1) is 17.8 Å². The van der Waals surface area contributed by atoms with E-state index in [0.29, 0.717) is 56.9 Å². The second-order valence-corrected chi connectivity index (χ2v) is 14.0. The Kier molecular flexibility index (Phi) is 8.22. The zero-order chi connectivity index (χ0) is 31.2. The van der Waals surface area contributed by atoms with E-state index in [2.05, 4.69) is 30.1 Å². The first-order valence-electron chi connectivity index (χ1n) is 17.3. The van der Waals surface area contributed by atoms with Crippen LogP contribution in [-0.2, 0) is 20.7 Å². The molecule has 3 aliphatic heterocycles. The van der Waals surface area contributed by atoms with E-state index >= 15 is 4.39 Å². The first kappa shape index (κ1) is 29.9. The van der Waals surface area contributed by atoms with Gasteiger partial charge in [-0.1, -0.05) is 25.3 Å². The summed E-state index contributed by atoms with van der Waals surface area (Å²) in [6.07, 6.45) is 13.0. The number of alkyl halides is 1. The number of piperazine rings is 1. The Labute approximate surface area is 269 Å². The summed E-state index contributed by atoms with van der Waals surface area (Å²) in [5.74, 6) is 0.674. The summed E-state index contributed by atoms with van der Waals surface area (Å²) in [4.78, 5) is 47.7. The first-order valence-corrected chi connectivity index (χ1v) is 17.3. The molecule has 5 heterocycles. The van der Waals surface area contributed by atoms with Crippen LogP contribution in [0.15, 0.2) is 54.6 Å². The third-order valence-electron chi connectivity index (χ3n) is 11.6. The molecular weight excluding hydrogens is 585 g/mol. The Morgan fingerprint density at radius 2 is 1.76 bits per heavy atom. The minimum atomic E-state index is -1.26. The molecule has 6 aliphatic rings. The molecule has 3 saturated carbocycles. The van der Waals surface area contributed by atoms with Crippen molar-refractivity contribution in [1.29, 1.82) is 0 Å². The monoisotopic (exact) mass is 629 g/mol. The van der Waals surface area contributed by atoms with Crippen molar-refractivity contribution >= 4 is 17.6 Å². The number of fused-ring (bicyclic) bond motifs is 4. The number of nitrogens with one attached hydrogen (secondary N) is 1. The SMILES string of the molecule is O=C1C(C(=O)N2CCN(c3ncccn3)CC2)=CN2C3C(CCC4CCCCC43)OC3C(NCCc4ccccn4)C(F)CC1C32. The zero-order valence-electron chi connectivity index (χ0n) is 26.3. The number of morpholine rings is 1. The van der Waals surface area contributed by atoms with Gasteiger partial charge in [-0.15, -0.1) is 0 Å². The molecule has 3 aliphatic carbocycles. The lowest BCUT2D eigenvalue weighted by Crippen LogP contribution is -2.74. The molecule has 2 saturated heterocycles. The number of carbonyl (C=O) groups excluding carboxylic acids is 2. The minimum Gasteiger partial charge on any atom is -0.369 e. The highest BCUT2D eigenvalue weighted by atomic mass is 19.1. The highest BCUT2D eigenvalue weighted by molar-refractivity contribution is 6.20. The van der Waals surface area contributed by atoms with E-state index in [-0.39, 0.29) is 41.9 Å². The number of halogens is 1. The maximum absolute atomic E-state index is 16.2. The largest absolute Gasteiger partial charge is 0.369 e. The van der Waals surface area contributed by atoms with Crippen LogP contribution in [0.5, 0.6) is 0 Å². The maximum atomic E-state index is 16.2. The van der Waals surface area contributed by atoms with Crippen LogP contribution in [0.2, 0.25) is 0 Å². The van der Waals surface area contributed by atoms with E-state index in [1.54, 1.807) is 29.6 Å². The van der Waals surface area contributed by atoms with Crippen molar-refractivity contribution in [3.63, 3.8) is 0 Å². The molecule has 0 radical (unpaired) electrons. The number of Topliss-reactive ketones (excluding diaryl/α,β-unsaturated/α-hetero) is 1. The van der Waals surface area contributed by atoms with Crippen molar-refractivity contribution in [2.75, 3.05) is 37.6 Å². The molecule has 0 aromatic carbocycles. The fourth-order valence-electron chi connectivity index (χ4n) is 9.45. The molecule has 9 atom stereocenters. The van der Waals surface area contributed by atoms with Crippen LogP contribution < -0.4 is 10.2 Å². The van der Waals surface area contributed by atoms with Crippen LogP contribution in [0.25, 0.3) is 0 Å². The van der Waals surface area contributed by atoms with Crippen LogP contribution in [0.3, 0.4) is 0 Å². The molecule has 9 unspecified atom stereocenters. The molecule has 8 rings (SSSR count). The third-order valence-corrected chi connectivity index (χ3v) is 11.6. The van der Waals surface area contributed by atoms with E-state index in [4.69, 9.17) is 4.74 Å². The predicted molar refractivity (Wildman–Crippen MR) is 169 cm³/mol. The van der Waals surface area contributed by atoms with Gasteiger partial charge in [0.2, 0.25) is 5.95 Å². The van der Waals surface area contributed by atoms with Crippen LogP contribution in [0.1, 0.15) is 50.6 Å². The van der Waals surface area contributed by atoms with Crippen molar-refractivity contribution in [2.24, 2.45) is 17.8 Å². The molecule has 1 amide bonds. The van der Waals surface area contributed by atoms with Crippen LogP contribution >= 0.6 is 0 Å². The standard InChI is InChI=1S/C35H44FN7O3/c36-27-20-25-31-33(29(27)38-15-11-23-7-3-4-12-37-23)46-28-10-9-22-6-1-2-8-24(22)30(28)43(31)21-26(32(25)44)34(45)41-16-18-42(19-17-41)35-39-13-5-14-40-35/h3-5,7,12-14,21-22,24-25,27-31,33,38H,1-2,6,8-11,15-20H2. The fraction of sp³-hybridized carbons (Fsp3) is 0.629. The summed E-state index contributed by atoms with van der Waals surface area (Å²) in [6, 6.07) is 6.93. The summed E-state index contributed by atoms with van der Waals surface area (Å²) in [6.45, 7) is 2.72. The molecule has 46 heavy (non-hydrogen) atoms. The van der Waals surface area contributed by atoms with Crippen LogP contribution in [0.4, 0.5) is 10.3 Å². The number of rotatable bonds is 6. The van der Waals surface area contributed by atoms with Gasteiger partial charge >= 0.3 is 0 Å². The molecule has 11 heteroatoms. The van der Waals surface area contributed by atoms with E-state index < -0.39 is 24.2 Å². The molecule has 244 valence electrons. The highest BCUT2D eigenvalue weighted by Crippen LogP contribution is 2.51. The van der Waals surface area contributed by atoms with Gasteiger partial charge in [0.15, 0.2) is 5.78 Å². The van der Waals surface area contributed by atoms with E-state index in [0.717, 1.165) is 25.0 Å². The Balaban J connectivity index is 1.07. The van der Waals surface area contributed by atoms with Gasteiger partial charge in [-0.3, -0.25) is 14.6 Å². The molecule has 2 aromatic heterocycles. The number of pyridine rings is 1. The smallest absolute Gasteiger partial charge is 0.259 e. The average molecular weight is 630 g/mol. The van der Waals surface area contributed by atoms with Gasteiger partial charge in [0.1, 0.15) is 6.17 Å². The summed E-state index contributed by atoms with van der Waals surface area (Å²) >= 11 is 0. The predicted octanol–water partition coefficient (Wildman–Crippen LogP) is 2.95. The molecule has 0 spiro atoms. The Morgan fingerprint density at radius 1 is 0.957 bits per heavy atom. The molecule has 2 aromatic rings. The second kappa shape index (κ2) is 12.6. The van der Waals surface area contributed by atoms with E-state index in [1.807, 2.05) is 24.4 Å². The van der Waals surface area contributed by atoms with Gasteiger partial charge in [0, 0.05) is 75.5 Å². The van der Waals surface area contributed by atoms with Crippen molar-refractivity contribution in [3.05, 3.63) is 60.3 Å². The van der Waals surface area contributed by atoms with Gasteiger partial charge in [-0.25, -0.2) is 14.4 Å². The molecule has 0 bridgehead atoms. The van der Waals surface area contributed by atoms with Crippen molar-refractivity contribution in [1.82, 2.24) is 30.1 Å². The number of ketones is 1. The van der Waals surface area contributed by atoms with Crippen molar-refractivity contribution in [3.8, 4) is 0 Å². The summed E-state index contributed by atoms with van der Waals surface area (Å²) in [5.41, 5.74) is 1.17. The lowest BCUT2D eigenvalue weighted by atomic mass is 9.63. The molecule has 10 nitrogen and oxygen atoms in total. The quantitative estimate of drug-likeness (QED) is 0.483. The number of hydrogen-bond acceptors (Lipinski definition) is 9. The highest BCUT2D eigenvalue weighted by Gasteiger charge is 2.60. The number of anilines is 1. The Bertz CT molecular complexity index is 1440. The average Bonchev–Trinajstić information content (AvgIpc) is 3.11. The minimum absolute atomic E-state index is 0.0399. The Hall–Kier alpha value is -3.44. The van der Waals surface area contributed by atoms with Crippen LogP contribution in [-0.4, -0.2) is 106 Å². The van der Waals surface area contributed by atoms with Gasteiger partial charge in [0.25, 0.3) is 5.91 Å². The van der Waals surface area contributed by atoms with E-state index in [1.165, 1.54) is 19.3 Å². The fourth-order valence-corrected chi connectivity index (χ4v) is 9.45. The summed E-state index contributed by atoms with van der Waals surface area (Å²) < 4.78 is 23.2. The molecule has 5 fully saturated rings. The maximum Gasteiger partial charge on any atom is 0.259 e. The topological polar surface area (TPSA) is 104 Å². The number of amides is 1. The molecular formula is C35H44FN7O3. The number of nitrogens with zero attached hydrogens (tertiary/aromatic N) is 6. The van der Waals surface area contributed by atoms with Gasteiger partial charge < -0.3 is 24.8 Å². The number of hydrogen-bond donors (Lipinski definition) is 1. The van der Waals surface area contributed by atoms with Gasteiger partial charge in [-0.2, -0.15) is 0 Å². The van der Waals surface area contributed by atoms with Crippen molar-refractivity contribution < 1.29 is 18.7 Å². The molecule has 1 N–H and O–H groups in total. The summed E-state index contributed by atoms with van der Waals surface area (Å²) in [5, 5.41) is 3.49. The zero-order valence-corrected chi connectivity index (χ0v) is 26.3. The second-order valence-electron chi connectivity index (χ2n) is 14.0. The van der Waals surface area contributed by atoms with E-state index in [9.17, 15) is 9.59 Å². The van der Waals surface area contributed by atoms with Gasteiger partial charge in [0.05, 0.1) is 35.9 Å². The van der Waals surface area contributed by atoms with Crippen molar-refractivity contribution in [2.45, 2.75) is 87.9 Å². The normalized spacial score (nSPS) is 35.5. The number of aromatic nitrogens is 3. The summed E-state index contributed by atoms with van der Waals surface area (Å²) in [7, 11) is 0. The number of carbonyl (C=O) groups is 2. The Morgan fingerprint density at radius 3 is 2.57 bits per heavy atom. The number of ether oxygens (including phenoxy) is 1. The van der Waals surface area contributed by atoms with Gasteiger partial charge in [-0.05, 0) is 55.7 Å².